The number of rotatable bonds is 3. The Bertz CT molecular complexity index is 396. The van der Waals surface area contributed by atoms with Gasteiger partial charge in [-0.3, -0.25) is 0 Å². The second-order valence-electron chi connectivity index (χ2n) is 3.60. The lowest BCUT2D eigenvalue weighted by molar-refractivity contribution is 0.379. The maximum atomic E-state index is 6.08. The van der Waals surface area contributed by atoms with Crippen LogP contribution in [0.4, 0.5) is 0 Å². The van der Waals surface area contributed by atoms with Gasteiger partial charge >= 0.3 is 0 Å². The molecule has 0 fully saturated rings. The average molecular weight is 292 g/mol. The van der Waals surface area contributed by atoms with E-state index in [1.54, 1.807) is 12.1 Å². The molecule has 0 amide bonds. The van der Waals surface area contributed by atoms with Crippen molar-refractivity contribution in [2.45, 2.75) is 20.8 Å². The molecular formula is C12H15Cl2NOS. The van der Waals surface area contributed by atoms with Gasteiger partial charge in [0.25, 0.3) is 5.17 Å². The molecule has 0 atom stereocenters. The number of hydrogen-bond acceptors (Lipinski definition) is 2. The highest BCUT2D eigenvalue weighted by atomic mass is 35.5. The van der Waals surface area contributed by atoms with Gasteiger partial charge in [-0.2, -0.15) is 0 Å². The molecule has 94 valence electrons. The van der Waals surface area contributed by atoms with Crippen LogP contribution in [0.3, 0.4) is 0 Å². The Kier molecular flexibility index (Phi) is 5.50. The van der Waals surface area contributed by atoms with Crippen LogP contribution in [-0.4, -0.2) is 23.2 Å². The van der Waals surface area contributed by atoms with Crippen molar-refractivity contribution < 1.29 is 4.74 Å². The third-order valence-corrected chi connectivity index (χ3v) is 3.26. The molecule has 0 aliphatic rings. The molecule has 1 rings (SSSR count). The number of halogens is 2. The van der Waals surface area contributed by atoms with Crippen LogP contribution >= 0.6 is 35.4 Å². The molecule has 0 saturated heterocycles. The van der Waals surface area contributed by atoms with E-state index in [2.05, 4.69) is 0 Å². The summed E-state index contributed by atoms with van der Waals surface area (Å²) in [7, 11) is 0. The number of hydrogen-bond donors (Lipinski definition) is 0. The monoisotopic (exact) mass is 291 g/mol. The van der Waals surface area contributed by atoms with E-state index in [0.29, 0.717) is 21.0 Å². The fraction of sp³-hybridized carbons (Fsp3) is 0.417. The first-order valence-electron chi connectivity index (χ1n) is 5.42. The van der Waals surface area contributed by atoms with Crippen LogP contribution in [0.1, 0.15) is 19.4 Å². The molecule has 0 unspecified atom stereocenters. The highest BCUT2D eigenvalue weighted by Crippen LogP contribution is 2.34. The minimum absolute atomic E-state index is 0.391. The number of benzene rings is 1. The quantitative estimate of drug-likeness (QED) is 0.770. The Morgan fingerprint density at radius 3 is 2.12 bits per heavy atom. The largest absolute Gasteiger partial charge is 0.429 e. The van der Waals surface area contributed by atoms with Crippen LogP contribution in [0.25, 0.3) is 0 Å². The minimum atomic E-state index is 0.391. The average Bonchev–Trinajstić information content (AvgIpc) is 2.25. The molecule has 0 radical (unpaired) electrons. The highest BCUT2D eigenvalue weighted by molar-refractivity contribution is 7.80. The van der Waals surface area contributed by atoms with Crippen molar-refractivity contribution in [3.63, 3.8) is 0 Å². The first-order valence-corrected chi connectivity index (χ1v) is 6.58. The predicted molar refractivity (Wildman–Crippen MR) is 77.3 cm³/mol. The molecule has 0 aliphatic carbocycles. The van der Waals surface area contributed by atoms with E-state index in [4.69, 9.17) is 40.2 Å². The van der Waals surface area contributed by atoms with Crippen molar-refractivity contribution in [1.82, 2.24) is 4.90 Å². The van der Waals surface area contributed by atoms with E-state index in [1.165, 1.54) is 0 Å². The molecule has 17 heavy (non-hydrogen) atoms. The zero-order chi connectivity index (χ0) is 13.0. The first kappa shape index (κ1) is 14.6. The van der Waals surface area contributed by atoms with Crippen molar-refractivity contribution in [1.29, 1.82) is 0 Å². The normalized spacial score (nSPS) is 10.2. The van der Waals surface area contributed by atoms with Gasteiger partial charge in [0.15, 0.2) is 5.75 Å². The number of nitrogens with zero attached hydrogens (tertiary/aromatic N) is 1. The Morgan fingerprint density at radius 1 is 1.24 bits per heavy atom. The summed E-state index contributed by atoms with van der Waals surface area (Å²) in [5.74, 6) is 0.427. The van der Waals surface area contributed by atoms with Gasteiger partial charge in [-0.1, -0.05) is 23.2 Å². The van der Waals surface area contributed by atoms with Crippen molar-refractivity contribution in [2.24, 2.45) is 0 Å². The van der Waals surface area contributed by atoms with Crippen LogP contribution in [0, 0.1) is 6.92 Å². The molecule has 1 aromatic rings. The molecule has 0 saturated carbocycles. The van der Waals surface area contributed by atoms with Gasteiger partial charge in [0.05, 0.1) is 10.0 Å². The van der Waals surface area contributed by atoms with E-state index in [1.807, 2.05) is 25.7 Å². The number of aryl methyl sites for hydroxylation is 1. The molecule has 0 N–H and O–H groups in total. The van der Waals surface area contributed by atoms with Crippen molar-refractivity contribution in [3.8, 4) is 5.75 Å². The van der Waals surface area contributed by atoms with Gasteiger partial charge in [-0.15, -0.1) is 0 Å². The summed E-state index contributed by atoms with van der Waals surface area (Å²) in [6.07, 6.45) is 0. The Labute approximate surface area is 117 Å². The standard InChI is InChI=1S/C12H15Cl2NOS/c1-4-15(5-2)12(17)16-11-9(13)6-8(3)7-10(11)14/h6-7H,4-5H2,1-3H3. The van der Waals surface area contributed by atoms with E-state index in [9.17, 15) is 0 Å². The van der Waals surface area contributed by atoms with Gasteiger partial charge in [-0.25, -0.2) is 0 Å². The van der Waals surface area contributed by atoms with Gasteiger partial charge < -0.3 is 9.64 Å². The van der Waals surface area contributed by atoms with E-state index >= 15 is 0 Å². The van der Waals surface area contributed by atoms with E-state index in [0.717, 1.165) is 18.7 Å². The zero-order valence-electron chi connectivity index (χ0n) is 10.1. The summed E-state index contributed by atoms with van der Waals surface area (Å²) in [4.78, 5) is 1.92. The summed E-state index contributed by atoms with van der Waals surface area (Å²) >= 11 is 17.4. The Morgan fingerprint density at radius 2 is 1.71 bits per heavy atom. The zero-order valence-corrected chi connectivity index (χ0v) is 12.4. The summed E-state index contributed by atoms with van der Waals surface area (Å²) in [5.41, 5.74) is 0.987. The first-order chi connectivity index (χ1) is 7.99. The third kappa shape index (κ3) is 3.73. The lowest BCUT2D eigenvalue weighted by Crippen LogP contribution is -2.32. The number of ether oxygens (including phenoxy) is 1. The van der Waals surface area contributed by atoms with Gasteiger partial charge in [0.2, 0.25) is 0 Å². The Hall–Kier alpha value is -0.510. The molecule has 5 heteroatoms. The summed E-state index contributed by atoms with van der Waals surface area (Å²) in [6.45, 7) is 7.52. The molecular weight excluding hydrogens is 277 g/mol. The lowest BCUT2D eigenvalue weighted by Gasteiger charge is -2.22. The maximum absolute atomic E-state index is 6.08. The van der Waals surface area contributed by atoms with Crippen molar-refractivity contribution in [3.05, 3.63) is 27.7 Å². The van der Waals surface area contributed by atoms with Crippen LogP contribution in [0.5, 0.6) is 5.75 Å². The van der Waals surface area contributed by atoms with Crippen LogP contribution in [0.15, 0.2) is 12.1 Å². The van der Waals surface area contributed by atoms with Crippen molar-refractivity contribution >= 4 is 40.6 Å². The van der Waals surface area contributed by atoms with E-state index in [-0.39, 0.29) is 0 Å². The molecule has 0 bridgehead atoms. The maximum Gasteiger partial charge on any atom is 0.264 e. The second kappa shape index (κ2) is 6.43. The van der Waals surface area contributed by atoms with Gasteiger partial charge in [-0.05, 0) is 50.7 Å². The van der Waals surface area contributed by atoms with Crippen LogP contribution in [-0.2, 0) is 0 Å². The predicted octanol–water partition coefficient (Wildman–Crippen LogP) is 4.31. The molecule has 0 spiro atoms. The summed E-state index contributed by atoms with van der Waals surface area (Å²) in [5, 5.41) is 1.34. The third-order valence-electron chi connectivity index (χ3n) is 2.35. The lowest BCUT2D eigenvalue weighted by atomic mass is 10.2. The summed E-state index contributed by atoms with van der Waals surface area (Å²) in [6, 6.07) is 3.60. The van der Waals surface area contributed by atoms with E-state index < -0.39 is 0 Å². The smallest absolute Gasteiger partial charge is 0.264 e. The molecule has 1 aromatic carbocycles. The van der Waals surface area contributed by atoms with Gasteiger partial charge in [0, 0.05) is 13.1 Å². The molecule has 0 aromatic heterocycles. The van der Waals surface area contributed by atoms with Crippen molar-refractivity contribution in [2.75, 3.05) is 13.1 Å². The Balaban J connectivity index is 2.92. The fourth-order valence-electron chi connectivity index (χ4n) is 1.42. The molecule has 0 aliphatic heterocycles. The summed E-state index contributed by atoms with van der Waals surface area (Å²) < 4.78 is 5.57. The SMILES string of the molecule is CCN(CC)C(=S)Oc1c(Cl)cc(C)cc1Cl. The number of thiocarbonyl (C=S) groups is 1. The second-order valence-corrected chi connectivity index (χ2v) is 4.76. The fourth-order valence-corrected chi connectivity index (χ4v) is 2.43. The van der Waals surface area contributed by atoms with Gasteiger partial charge in [0.1, 0.15) is 0 Å². The highest BCUT2D eigenvalue weighted by Gasteiger charge is 2.13. The molecule has 2 nitrogen and oxygen atoms in total. The van der Waals surface area contributed by atoms with Crippen LogP contribution in [0.2, 0.25) is 10.0 Å². The topological polar surface area (TPSA) is 12.5 Å². The molecule has 0 heterocycles. The minimum Gasteiger partial charge on any atom is -0.429 e. The van der Waals surface area contributed by atoms with Crippen LogP contribution < -0.4 is 4.74 Å².